The number of nitrogens with zero attached hydrogens (tertiary/aromatic N) is 2. The van der Waals surface area contributed by atoms with Crippen molar-refractivity contribution in [1.82, 2.24) is 4.98 Å². The number of aromatic nitrogens is 1. The quantitative estimate of drug-likeness (QED) is 0.676. The maximum Gasteiger partial charge on any atom is 0.496 e. The van der Waals surface area contributed by atoms with Gasteiger partial charge >= 0.3 is 7.12 Å². The summed E-state index contributed by atoms with van der Waals surface area (Å²) in [7, 11) is -0.467. The van der Waals surface area contributed by atoms with Gasteiger partial charge in [-0.3, -0.25) is 0 Å². The van der Waals surface area contributed by atoms with Crippen molar-refractivity contribution in [2.24, 2.45) is 5.41 Å². The van der Waals surface area contributed by atoms with Gasteiger partial charge in [-0.2, -0.15) is 5.26 Å². The van der Waals surface area contributed by atoms with Crippen LogP contribution in [0.1, 0.15) is 25.2 Å². The molecule has 2 rings (SSSR count). The number of nitriles is 1. The number of rotatable bonds is 1. The second-order valence-corrected chi connectivity index (χ2v) is 5.12. The van der Waals surface area contributed by atoms with Crippen molar-refractivity contribution >= 4 is 12.6 Å². The fraction of sp³-hybridized carbons (Fsp3) is 0.500. The van der Waals surface area contributed by atoms with Crippen LogP contribution in [0.5, 0.6) is 0 Å². The molecule has 0 saturated carbocycles. The molecule has 1 fully saturated rings. The molecule has 5 heteroatoms. The van der Waals surface area contributed by atoms with E-state index in [4.69, 9.17) is 14.6 Å². The van der Waals surface area contributed by atoms with Crippen molar-refractivity contribution in [2.75, 3.05) is 13.2 Å². The van der Waals surface area contributed by atoms with Crippen molar-refractivity contribution < 1.29 is 9.31 Å². The molecular weight excluding hydrogens is 215 g/mol. The minimum Gasteiger partial charge on any atom is -0.407 e. The maximum absolute atomic E-state index is 9.05. The Hall–Kier alpha value is -1.38. The molecule has 88 valence electrons. The molecule has 0 aromatic carbocycles. The SMILES string of the molecule is Cc1ccc(B2OCC(C)(C)CO2)c(C#N)n1. The standard InChI is InChI=1S/C12H15BN2O2/c1-9-4-5-10(11(6-14)15-9)13-16-7-12(2,3)8-17-13/h4-5H,7-8H2,1-3H3. The summed E-state index contributed by atoms with van der Waals surface area (Å²) in [6.07, 6.45) is 0. The number of hydrogen-bond acceptors (Lipinski definition) is 4. The first kappa shape index (κ1) is 12.1. The van der Waals surface area contributed by atoms with Gasteiger partial charge < -0.3 is 9.31 Å². The van der Waals surface area contributed by atoms with Gasteiger partial charge in [-0.15, -0.1) is 0 Å². The van der Waals surface area contributed by atoms with E-state index < -0.39 is 7.12 Å². The zero-order chi connectivity index (χ0) is 12.5. The molecule has 0 N–H and O–H groups in total. The molecule has 0 aliphatic carbocycles. The summed E-state index contributed by atoms with van der Waals surface area (Å²) in [6.45, 7) is 7.27. The third-order valence-electron chi connectivity index (χ3n) is 2.68. The normalized spacial score (nSPS) is 18.8. The van der Waals surface area contributed by atoms with Gasteiger partial charge in [-0.1, -0.05) is 19.9 Å². The van der Waals surface area contributed by atoms with Crippen molar-refractivity contribution in [3.8, 4) is 6.07 Å². The van der Waals surface area contributed by atoms with E-state index in [0.717, 1.165) is 5.69 Å². The van der Waals surface area contributed by atoms with Crippen LogP contribution in [0.25, 0.3) is 0 Å². The fourth-order valence-corrected chi connectivity index (χ4v) is 1.72. The number of aryl methyl sites for hydroxylation is 1. The average molecular weight is 230 g/mol. The van der Waals surface area contributed by atoms with Crippen molar-refractivity contribution in [2.45, 2.75) is 20.8 Å². The lowest BCUT2D eigenvalue weighted by atomic mass is 9.75. The van der Waals surface area contributed by atoms with Gasteiger partial charge in [0.15, 0.2) is 0 Å². The van der Waals surface area contributed by atoms with Gasteiger partial charge in [-0.05, 0) is 13.0 Å². The van der Waals surface area contributed by atoms with E-state index in [9.17, 15) is 0 Å². The third-order valence-corrected chi connectivity index (χ3v) is 2.68. The van der Waals surface area contributed by atoms with Gasteiger partial charge in [-0.25, -0.2) is 4.98 Å². The molecule has 0 unspecified atom stereocenters. The first-order valence-electron chi connectivity index (χ1n) is 5.63. The maximum atomic E-state index is 9.05. The minimum atomic E-state index is -0.467. The van der Waals surface area contributed by atoms with Gasteiger partial charge in [0.1, 0.15) is 11.8 Å². The molecule has 1 aromatic rings. The first-order chi connectivity index (χ1) is 8.02. The molecule has 1 saturated heterocycles. The zero-order valence-corrected chi connectivity index (χ0v) is 10.4. The Balaban J connectivity index is 2.22. The summed E-state index contributed by atoms with van der Waals surface area (Å²) in [4.78, 5) is 4.18. The number of hydrogen-bond donors (Lipinski definition) is 0. The lowest BCUT2D eigenvalue weighted by Gasteiger charge is -2.33. The highest BCUT2D eigenvalue weighted by molar-refractivity contribution is 6.62. The molecule has 1 aliphatic rings. The Morgan fingerprint density at radius 3 is 2.59 bits per heavy atom. The Morgan fingerprint density at radius 1 is 1.35 bits per heavy atom. The second-order valence-electron chi connectivity index (χ2n) is 5.12. The van der Waals surface area contributed by atoms with Crippen LogP contribution in [0, 0.1) is 23.7 Å². The monoisotopic (exact) mass is 230 g/mol. The molecule has 0 spiro atoms. The van der Waals surface area contributed by atoms with Crippen molar-refractivity contribution in [3.05, 3.63) is 23.5 Å². The Morgan fingerprint density at radius 2 is 2.00 bits per heavy atom. The Labute approximate surface area is 102 Å². The third kappa shape index (κ3) is 2.66. The van der Waals surface area contributed by atoms with Gasteiger partial charge in [0.05, 0.1) is 0 Å². The smallest absolute Gasteiger partial charge is 0.407 e. The number of pyridine rings is 1. The molecule has 4 nitrogen and oxygen atoms in total. The van der Waals surface area contributed by atoms with Crippen LogP contribution in [0.4, 0.5) is 0 Å². The predicted molar refractivity (Wildman–Crippen MR) is 64.8 cm³/mol. The molecule has 0 bridgehead atoms. The minimum absolute atomic E-state index is 0.0292. The highest BCUT2D eigenvalue weighted by atomic mass is 16.6. The largest absolute Gasteiger partial charge is 0.496 e. The highest BCUT2D eigenvalue weighted by Gasteiger charge is 2.35. The lowest BCUT2D eigenvalue weighted by Crippen LogP contribution is -2.48. The summed E-state index contributed by atoms with van der Waals surface area (Å²) >= 11 is 0. The summed E-state index contributed by atoms with van der Waals surface area (Å²) in [6, 6.07) is 5.80. The van der Waals surface area contributed by atoms with E-state index in [-0.39, 0.29) is 5.41 Å². The Kier molecular flexibility index (Phi) is 3.18. The Bertz CT molecular complexity index is 458. The molecule has 17 heavy (non-hydrogen) atoms. The van der Waals surface area contributed by atoms with Crippen LogP contribution < -0.4 is 5.46 Å². The molecule has 1 aromatic heterocycles. The molecule has 1 aliphatic heterocycles. The first-order valence-corrected chi connectivity index (χ1v) is 5.63. The van der Waals surface area contributed by atoms with E-state index in [1.54, 1.807) is 0 Å². The zero-order valence-electron chi connectivity index (χ0n) is 10.4. The van der Waals surface area contributed by atoms with Crippen LogP contribution in [0.2, 0.25) is 0 Å². The average Bonchev–Trinajstić information content (AvgIpc) is 2.29. The van der Waals surface area contributed by atoms with Crippen LogP contribution in [0.15, 0.2) is 12.1 Å². The van der Waals surface area contributed by atoms with Gasteiger partial charge in [0, 0.05) is 29.8 Å². The van der Waals surface area contributed by atoms with E-state index in [0.29, 0.717) is 24.4 Å². The predicted octanol–water partition coefficient (Wildman–Crippen LogP) is 1.03. The van der Waals surface area contributed by atoms with Crippen LogP contribution >= 0.6 is 0 Å². The van der Waals surface area contributed by atoms with Gasteiger partial charge in [0.2, 0.25) is 0 Å². The molecule has 2 heterocycles. The topological polar surface area (TPSA) is 55.1 Å². The lowest BCUT2D eigenvalue weighted by molar-refractivity contribution is 0.0342. The van der Waals surface area contributed by atoms with E-state index in [1.807, 2.05) is 19.1 Å². The van der Waals surface area contributed by atoms with E-state index in [1.165, 1.54) is 0 Å². The summed E-state index contributed by atoms with van der Waals surface area (Å²) < 4.78 is 11.3. The summed E-state index contributed by atoms with van der Waals surface area (Å²) in [5.41, 5.74) is 1.95. The summed E-state index contributed by atoms with van der Waals surface area (Å²) in [5, 5.41) is 9.05. The molecule has 0 atom stereocenters. The van der Waals surface area contributed by atoms with Crippen LogP contribution in [0.3, 0.4) is 0 Å². The second kappa shape index (κ2) is 4.48. The van der Waals surface area contributed by atoms with Crippen LogP contribution in [-0.2, 0) is 9.31 Å². The van der Waals surface area contributed by atoms with Gasteiger partial charge in [0.25, 0.3) is 0 Å². The molecular formula is C12H15BN2O2. The van der Waals surface area contributed by atoms with E-state index >= 15 is 0 Å². The van der Waals surface area contributed by atoms with Crippen molar-refractivity contribution in [3.63, 3.8) is 0 Å². The van der Waals surface area contributed by atoms with Crippen molar-refractivity contribution in [1.29, 1.82) is 5.26 Å². The fourth-order valence-electron chi connectivity index (χ4n) is 1.72. The summed E-state index contributed by atoms with van der Waals surface area (Å²) in [5.74, 6) is 0. The molecule has 0 amide bonds. The van der Waals surface area contributed by atoms with Crippen LogP contribution in [-0.4, -0.2) is 25.3 Å². The molecule has 0 radical (unpaired) electrons. The van der Waals surface area contributed by atoms with E-state index in [2.05, 4.69) is 24.9 Å². The highest BCUT2D eigenvalue weighted by Crippen LogP contribution is 2.21.